The summed E-state index contributed by atoms with van der Waals surface area (Å²) in [6.07, 6.45) is 3.47. The van der Waals surface area contributed by atoms with Crippen LogP contribution in [0.2, 0.25) is 15.1 Å². The lowest BCUT2D eigenvalue weighted by atomic mass is 10.1. The highest BCUT2D eigenvalue weighted by Crippen LogP contribution is 2.33. The van der Waals surface area contributed by atoms with Crippen LogP contribution in [0.3, 0.4) is 0 Å². The highest BCUT2D eigenvalue weighted by molar-refractivity contribution is 6.50. The van der Waals surface area contributed by atoms with E-state index in [0.717, 1.165) is 12.8 Å². The van der Waals surface area contributed by atoms with Gasteiger partial charge in [0.05, 0.1) is 42.2 Å². The van der Waals surface area contributed by atoms with Gasteiger partial charge in [0, 0.05) is 11.3 Å². The van der Waals surface area contributed by atoms with Crippen molar-refractivity contribution in [3.63, 3.8) is 0 Å². The molecular formula is C20H13Cl5N4O. The molecular weight excluding hydrogens is 490 g/mol. The molecule has 30 heavy (non-hydrogen) atoms. The van der Waals surface area contributed by atoms with Crippen molar-refractivity contribution in [1.82, 2.24) is 9.97 Å². The zero-order chi connectivity index (χ0) is 21.4. The molecule has 0 bridgehead atoms. The number of benzene rings is 2. The van der Waals surface area contributed by atoms with Crippen LogP contribution in [-0.2, 0) is 0 Å². The van der Waals surface area contributed by atoms with Crippen LogP contribution in [0.25, 0.3) is 11.0 Å². The highest BCUT2D eigenvalue weighted by Gasteiger charge is 2.21. The number of H-pyrrole nitrogens is 1. The predicted octanol–water partition coefficient (Wildman–Crippen LogP) is 7.37. The number of aromatic amines is 1. The summed E-state index contributed by atoms with van der Waals surface area (Å²) in [5.74, 6) is 0.0285. The summed E-state index contributed by atoms with van der Waals surface area (Å²) in [6, 6.07) is 8.12. The Morgan fingerprint density at radius 2 is 1.87 bits per heavy atom. The topological polar surface area (TPSA) is 70.1 Å². The second kappa shape index (κ2) is 8.77. The van der Waals surface area contributed by atoms with E-state index in [-0.39, 0.29) is 26.4 Å². The van der Waals surface area contributed by atoms with Gasteiger partial charge < -0.3 is 10.3 Å². The summed E-state index contributed by atoms with van der Waals surface area (Å²) < 4.78 is 0. The SMILES string of the molecule is O=C(Nc1cc(Cl)c(Cl)c(Cl)c1)c1ccc2nc(N=C3C(Cl)=CCCC3Cl)[nH]c2c1. The standard InChI is InChI=1S/C20H13Cl5N4O/c21-11-2-1-3-12(22)18(11)29-20-27-15-5-4-9(6-16(15)28-20)19(30)26-10-7-13(23)17(25)14(24)8-10/h2,4-8,12H,1,3H2,(H,26,30)(H,27,28). The fraction of sp³-hybridized carbons (Fsp3) is 0.150. The Hall–Kier alpha value is -1.76. The third-order valence-corrected chi connectivity index (χ3v) is 6.45. The highest BCUT2D eigenvalue weighted by atomic mass is 35.5. The van der Waals surface area contributed by atoms with Crippen LogP contribution >= 0.6 is 58.0 Å². The number of imidazole rings is 1. The van der Waals surface area contributed by atoms with Gasteiger partial charge >= 0.3 is 0 Å². The third-order valence-electron chi connectivity index (χ3n) is 4.48. The van der Waals surface area contributed by atoms with Gasteiger partial charge in [-0.25, -0.2) is 9.98 Å². The predicted molar refractivity (Wildman–Crippen MR) is 125 cm³/mol. The molecule has 1 aliphatic rings. The van der Waals surface area contributed by atoms with Gasteiger partial charge in [-0.15, -0.1) is 11.6 Å². The van der Waals surface area contributed by atoms with Crippen molar-refractivity contribution in [3.05, 3.63) is 62.1 Å². The number of rotatable bonds is 3. The van der Waals surface area contributed by atoms with Crippen molar-refractivity contribution >= 4 is 92.3 Å². The average Bonchev–Trinajstić information content (AvgIpc) is 3.10. The van der Waals surface area contributed by atoms with E-state index in [2.05, 4.69) is 20.3 Å². The van der Waals surface area contributed by atoms with Crippen molar-refractivity contribution in [2.75, 3.05) is 5.32 Å². The molecule has 1 heterocycles. The van der Waals surface area contributed by atoms with E-state index < -0.39 is 0 Å². The number of hydrogen-bond acceptors (Lipinski definition) is 3. The zero-order valence-electron chi connectivity index (χ0n) is 15.1. The summed E-state index contributed by atoms with van der Waals surface area (Å²) in [7, 11) is 0. The number of nitrogens with zero attached hydrogens (tertiary/aromatic N) is 2. The van der Waals surface area contributed by atoms with E-state index in [9.17, 15) is 4.79 Å². The molecule has 0 saturated heterocycles. The number of fused-ring (bicyclic) bond motifs is 1. The molecule has 0 radical (unpaired) electrons. The minimum atomic E-state index is -0.340. The number of halogens is 5. The molecule has 154 valence electrons. The first-order valence-corrected chi connectivity index (χ1v) is 10.8. The number of nitrogens with one attached hydrogen (secondary N) is 2. The van der Waals surface area contributed by atoms with Gasteiger partial charge in [-0.2, -0.15) is 0 Å². The maximum absolute atomic E-state index is 12.6. The summed E-state index contributed by atoms with van der Waals surface area (Å²) >= 11 is 30.5. The lowest BCUT2D eigenvalue weighted by Gasteiger charge is -2.15. The van der Waals surface area contributed by atoms with Gasteiger partial charge in [-0.05, 0) is 43.2 Å². The first-order valence-electron chi connectivity index (χ1n) is 8.86. The number of alkyl halides is 1. The van der Waals surface area contributed by atoms with Gasteiger partial charge in [0.1, 0.15) is 0 Å². The normalized spacial score (nSPS) is 18.0. The van der Waals surface area contributed by atoms with Crippen LogP contribution in [-0.4, -0.2) is 27.0 Å². The molecule has 1 aliphatic carbocycles. The maximum Gasteiger partial charge on any atom is 0.255 e. The zero-order valence-corrected chi connectivity index (χ0v) is 18.9. The van der Waals surface area contributed by atoms with Gasteiger partial charge in [-0.1, -0.05) is 52.5 Å². The van der Waals surface area contributed by atoms with E-state index in [1.54, 1.807) is 18.2 Å². The largest absolute Gasteiger partial charge is 0.322 e. The second-order valence-corrected chi connectivity index (χ2v) is 8.72. The molecule has 0 spiro atoms. The molecule has 2 N–H and O–H groups in total. The molecule has 2 aromatic carbocycles. The summed E-state index contributed by atoms with van der Waals surface area (Å²) in [6.45, 7) is 0. The molecule has 0 saturated carbocycles. The van der Waals surface area contributed by atoms with Gasteiger partial charge in [0.25, 0.3) is 5.91 Å². The minimum absolute atomic E-state index is 0.233. The van der Waals surface area contributed by atoms with Crippen molar-refractivity contribution < 1.29 is 4.79 Å². The monoisotopic (exact) mass is 500 g/mol. The number of amides is 1. The molecule has 1 aromatic heterocycles. The van der Waals surface area contributed by atoms with Gasteiger partial charge in [-0.3, -0.25) is 4.79 Å². The van der Waals surface area contributed by atoms with Crippen LogP contribution in [0.1, 0.15) is 23.2 Å². The fourth-order valence-corrected chi connectivity index (χ4v) is 4.23. The van der Waals surface area contributed by atoms with Crippen LogP contribution in [0.4, 0.5) is 11.6 Å². The minimum Gasteiger partial charge on any atom is -0.322 e. The fourth-order valence-electron chi connectivity index (χ4n) is 3.01. The van der Waals surface area contributed by atoms with Crippen LogP contribution in [0, 0.1) is 0 Å². The van der Waals surface area contributed by atoms with E-state index >= 15 is 0 Å². The number of aliphatic imine (C=N–C) groups is 1. The number of carbonyl (C=O) groups is 1. The number of anilines is 1. The first-order chi connectivity index (χ1) is 14.3. The van der Waals surface area contributed by atoms with Gasteiger partial charge in [0.2, 0.25) is 5.95 Å². The van der Waals surface area contributed by atoms with E-state index in [1.165, 1.54) is 12.1 Å². The molecule has 4 rings (SSSR count). The Morgan fingerprint density at radius 1 is 1.13 bits per heavy atom. The smallest absolute Gasteiger partial charge is 0.255 e. The summed E-state index contributed by atoms with van der Waals surface area (Å²) in [5.41, 5.74) is 2.74. The third kappa shape index (κ3) is 4.46. The number of hydrogen-bond donors (Lipinski definition) is 2. The van der Waals surface area contributed by atoms with E-state index in [4.69, 9.17) is 58.0 Å². The van der Waals surface area contributed by atoms with E-state index in [0.29, 0.717) is 39.0 Å². The Kier molecular flexibility index (Phi) is 6.28. The summed E-state index contributed by atoms with van der Waals surface area (Å²) in [5, 5.41) is 3.74. The van der Waals surface area contributed by atoms with Crippen molar-refractivity contribution in [1.29, 1.82) is 0 Å². The lowest BCUT2D eigenvalue weighted by molar-refractivity contribution is 0.102. The van der Waals surface area contributed by atoms with E-state index in [1.807, 2.05) is 6.08 Å². The molecule has 1 unspecified atom stereocenters. The quantitative estimate of drug-likeness (QED) is 0.290. The molecule has 5 nitrogen and oxygen atoms in total. The van der Waals surface area contributed by atoms with Crippen molar-refractivity contribution in [2.24, 2.45) is 4.99 Å². The Balaban J connectivity index is 1.60. The van der Waals surface area contributed by atoms with Crippen molar-refractivity contribution in [2.45, 2.75) is 18.2 Å². The lowest BCUT2D eigenvalue weighted by Crippen LogP contribution is -2.18. The van der Waals surface area contributed by atoms with Crippen LogP contribution in [0.15, 0.2) is 46.4 Å². The molecule has 0 aliphatic heterocycles. The van der Waals surface area contributed by atoms with Crippen LogP contribution < -0.4 is 5.32 Å². The molecule has 1 amide bonds. The number of carbonyl (C=O) groups excluding carboxylic acids is 1. The number of allylic oxidation sites excluding steroid dienone is 2. The molecule has 1 atom stereocenters. The first kappa shape index (κ1) is 21.5. The molecule has 3 aromatic rings. The maximum atomic E-state index is 12.6. The average molecular weight is 503 g/mol. The van der Waals surface area contributed by atoms with Crippen molar-refractivity contribution in [3.8, 4) is 0 Å². The molecule has 10 heteroatoms. The summed E-state index contributed by atoms with van der Waals surface area (Å²) in [4.78, 5) is 24.6. The Labute approximate surface area is 197 Å². The van der Waals surface area contributed by atoms with Gasteiger partial charge in [0.15, 0.2) is 0 Å². The Bertz CT molecular complexity index is 1190. The Morgan fingerprint density at radius 3 is 2.57 bits per heavy atom. The second-order valence-electron chi connectivity index (χ2n) is 6.59. The van der Waals surface area contributed by atoms with Crippen LogP contribution in [0.5, 0.6) is 0 Å². The molecule has 0 fully saturated rings. The number of aromatic nitrogens is 2.